The van der Waals surface area contributed by atoms with Gasteiger partial charge in [0.25, 0.3) is 0 Å². The summed E-state index contributed by atoms with van der Waals surface area (Å²) in [7, 11) is 0. The van der Waals surface area contributed by atoms with E-state index < -0.39 is 0 Å². The molecule has 0 aliphatic heterocycles. The lowest BCUT2D eigenvalue weighted by Crippen LogP contribution is -3.10. The van der Waals surface area contributed by atoms with Crippen LogP contribution in [-0.4, -0.2) is 18.1 Å². The largest absolute Gasteiger partial charge is 0.489 e. The first-order valence-corrected chi connectivity index (χ1v) is 9.50. The second-order valence-electron chi connectivity index (χ2n) is 6.95. The van der Waals surface area contributed by atoms with Crippen molar-refractivity contribution in [1.29, 1.82) is 0 Å². The molecule has 4 nitrogen and oxygen atoms in total. The van der Waals surface area contributed by atoms with Gasteiger partial charge in [-0.2, -0.15) is 0 Å². The van der Waals surface area contributed by atoms with Crippen molar-refractivity contribution in [2.75, 3.05) is 13.1 Å². The number of benzene rings is 2. The summed E-state index contributed by atoms with van der Waals surface area (Å²) in [6, 6.07) is 15.6. The van der Waals surface area contributed by atoms with Crippen LogP contribution in [0.25, 0.3) is 10.9 Å². The second kappa shape index (κ2) is 9.20. The highest BCUT2D eigenvalue weighted by Crippen LogP contribution is 2.19. The van der Waals surface area contributed by atoms with Gasteiger partial charge < -0.3 is 14.6 Å². The summed E-state index contributed by atoms with van der Waals surface area (Å²) in [6.07, 6.45) is 3.75. The highest BCUT2D eigenvalue weighted by atomic mass is 16.5. The van der Waals surface area contributed by atoms with E-state index in [2.05, 4.69) is 18.1 Å². The Morgan fingerprint density at radius 1 is 1.07 bits per heavy atom. The zero-order chi connectivity index (χ0) is 19.9. The van der Waals surface area contributed by atoms with Gasteiger partial charge in [0, 0.05) is 16.6 Å². The average Bonchev–Trinajstić information content (AvgIpc) is 2.71. The van der Waals surface area contributed by atoms with Gasteiger partial charge in [0.15, 0.2) is 5.43 Å². The molecule has 4 heteroatoms. The molecule has 0 radical (unpaired) electrons. The van der Waals surface area contributed by atoms with Crippen LogP contribution in [0.1, 0.15) is 16.8 Å². The van der Waals surface area contributed by atoms with Crippen molar-refractivity contribution in [3.63, 3.8) is 0 Å². The lowest BCUT2D eigenvalue weighted by atomic mass is 10.1. The Kier molecular flexibility index (Phi) is 6.45. The molecule has 0 atom stereocenters. The predicted molar refractivity (Wildman–Crippen MR) is 115 cm³/mol. The van der Waals surface area contributed by atoms with Crippen LogP contribution in [0.5, 0.6) is 5.75 Å². The van der Waals surface area contributed by atoms with Crippen LogP contribution in [0.2, 0.25) is 0 Å². The minimum atomic E-state index is 0.0574. The van der Waals surface area contributed by atoms with E-state index >= 15 is 0 Å². The molecule has 144 valence electrons. The van der Waals surface area contributed by atoms with E-state index in [0.717, 1.165) is 35.4 Å². The van der Waals surface area contributed by atoms with E-state index in [1.165, 1.54) is 4.90 Å². The van der Waals surface area contributed by atoms with E-state index in [1.807, 2.05) is 67.6 Å². The van der Waals surface area contributed by atoms with Gasteiger partial charge in [0.1, 0.15) is 18.9 Å². The Labute approximate surface area is 165 Å². The molecule has 0 amide bonds. The summed E-state index contributed by atoms with van der Waals surface area (Å²) in [6.45, 7) is 12.3. The fourth-order valence-electron chi connectivity index (χ4n) is 3.36. The molecule has 0 bridgehead atoms. The molecule has 0 fully saturated rings. The SMILES string of the molecule is C=CC[NH+](CC=C)Cc1c(C)[nH]c2ccc(OCc3ccccc3)cc2c1=O. The molecule has 28 heavy (non-hydrogen) atoms. The van der Waals surface area contributed by atoms with Gasteiger partial charge >= 0.3 is 0 Å². The maximum absolute atomic E-state index is 13.2. The summed E-state index contributed by atoms with van der Waals surface area (Å²) >= 11 is 0. The zero-order valence-electron chi connectivity index (χ0n) is 16.3. The smallest absolute Gasteiger partial charge is 0.198 e. The number of fused-ring (bicyclic) bond motifs is 1. The van der Waals surface area contributed by atoms with E-state index in [1.54, 1.807) is 0 Å². The topological polar surface area (TPSA) is 46.5 Å². The number of hydrogen-bond acceptors (Lipinski definition) is 2. The van der Waals surface area contributed by atoms with E-state index in [4.69, 9.17) is 4.74 Å². The Morgan fingerprint density at radius 3 is 2.46 bits per heavy atom. The van der Waals surface area contributed by atoms with E-state index in [0.29, 0.717) is 24.3 Å². The van der Waals surface area contributed by atoms with Crippen molar-refractivity contribution in [3.8, 4) is 5.75 Å². The molecule has 3 aromatic rings. The van der Waals surface area contributed by atoms with Crippen LogP contribution in [0.4, 0.5) is 0 Å². The molecular formula is C24H27N2O2+. The summed E-state index contributed by atoms with van der Waals surface area (Å²) in [5.41, 5.74) is 3.68. The molecule has 3 rings (SSSR count). The first kappa shape index (κ1) is 19.6. The normalized spacial score (nSPS) is 10.9. The van der Waals surface area contributed by atoms with Gasteiger partial charge in [-0.1, -0.05) is 43.5 Å². The highest BCUT2D eigenvalue weighted by Gasteiger charge is 2.15. The molecule has 0 unspecified atom stereocenters. The summed E-state index contributed by atoms with van der Waals surface area (Å²) in [5, 5.41) is 0.655. The first-order chi connectivity index (χ1) is 13.6. The monoisotopic (exact) mass is 375 g/mol. The average molecular weight is 375 g/mol. The number of quaternary nitrogens is 1. The van der Waals surface area contributed by atoms with Crippen LogP contribution >= 0.6 is 0 Å². The molecule has 0 spiro atoms. The maximum atomic E-state index is 13.2. The van der Waals surface area contributed by atoms with Gasteiger partial charge in [-0.3, -0.25) is 4.79 Å². The highest BCUT2D eigenvalue weighted by molar-refractivity contribution is 5.81. The predicted octanol–water partition coefficient (Wildman–Crippen LogP) is 3.17. The van der Waals surface area contributed by atoms with Crippen LogP contribution in [-0.2, 0) is 13.2 Å². The third-order valence-corrected chi connectivity index (χ3v) is 4.83. The number of rotatable bonds is 9. The third kappa shape index (κ3) is 4.59. The Morgan fingerprint density at radius 2 is 1.79 bits per heavy atom. The fraction of sp³-hybridized carbons (Fsp3) is 0.208. The standard InChI is InChI=1S/C24H26N2O2/c1-4-13-26(14-5-2)16-22-18(3)25-23-12-11-20(15-21(23)24(22)27)28-17-19-9-7-6-8-10-19/h4-12,15H,1-2,13-14,16-17H2,3H3,(H,25,27)/p+1. The second-order valence-corrected chi connectivity index (χ2v) is 6.95. The van der Waals surface area contributed by atoms with Gasteiger partial charge in [-0.25, -0.2) is 0 Å². The molecule has 1 aromatic heterocycles. The van der Waals surface area contributed by atoms with Gasteiger partial charge in [0.05, 0.1) is 18.7 Å². The van der Waals surface area contributed by atoms with Crippen molar-refractivity contribution >= 4 is 10.9 Å². The number of hydrogen-bond donors (Lipinski definition) is 2. The summed E-state index contributed by atoms with van der Waals surface area (Å²) in [5.74, 6) is 0.693. The Hall–Kier alpha value is -3.11. The number of H-pyrrole nitrogens is 1. The minimum absolute atomic E-state index is 0.0574. The lowest BCUT2D eigenvalue weighted by Gasteiger charge is -2.17. The van der Waals surface area contributed by atoms with Crippen molar-refractivity contribution in [2.45, 2.75) is 20.1 Å². The lowest BCUT2D eigenvalue weighted by molar-refractivity contribution is -0.902. The molecule has 2 aromatic carbocycles. The van der Waals surface area contributed by atoms with Crippen molar-refractivity contribution in [3.05, 3.63) is 101 Å². The Bertz CT molecular complexity index is 1010. The van der Waals surface area contributed by atoms with Crippen molar-refractivity contribution in [2.24, 2.45) is 0 Å². The van der Waals surface area contributed by atoms with Crippen molar-refractivity contribution in [1.82, 2.24) is 4.98 Å². The summed E-state index contributed by atoms with van der Waals surface area (Å²) in [4.78, 5) is 17.8. The van der Waals surface area contributed by atoms with E-state index in [9.17, 15) is 4.79 Å². The zero-order valence-corrected chi connectivity index (χ0v) is 16.3. The maximum Gasteiger partial charge on any atom is 0.198 e. The molecule has 0 saturated heterocycles. The van der Waals surface area contributed by atoms with Crippen LogP contribution in [0.15, 0.2) is 78.6 Å². The molecule has 0 aliphatic carbocycles. The van der Waals surface area contributed by atoms with Crippen LogP contribution in [0, 0.1) is 6.92 Å². The molecule has 2 N–H and O–H groups in total. The minimum Gasteiger partial charge on any atom is -0.489 e. The number of aromatic nitrogens is 1. The molecule has 0 saturated carbocycles. The van der Waals surface area contributed by atoms with E-state index in [-0.39, 0.29) is 5.43 Å². The van der Waals surface area contributed by atoms with Crippen LogP contribution < -0.4 is 15.1 Å². The van der Waals surface area contributed by atoms with Crippen LogP contribution in [0.3, 0.4) is 0 Å². The van der Waals surface area contributed by atoms with Gasteiger partial charge in [0.2, 0.25) is 0 Å². The number of aryl methyl sites for hydroxylation is 1. The van der Waals surface area contributed by atoms with Gasteiger partial charge in [-0.05, 0) is 42.8 Å². The number of aromatic amines is 1. The molecule has 0 aliphatic rings. The van der Waals surface area contributed by atoms with Gasteiger partial charge in [-0.15, -0.1) is 0 Å². The molecule has 1 heterocycles. The fourth-order valence-corrected chi connectivity index (χ4v) is 3.36. The third-order valence-electron chi connectivity index (χ3n) is 4.83. The number of pyridine rings is 1. The number of nitrogens with one attached hydrogen (secondary N) is 2. The Balaban J connectivity index is 1.90. The summed E-state index contributed by atoms with van der Waals surface area (Å²) < 4.78 is 5.90. The number of ether oxygens (including phenoxy) is 1. The molecular weight excluding hydrogens is 348 g/mol. The van der Waals surface area contributed by atoms with Crippen molar-refractivity contribution < 1.29 is 9.64 Å². The quantitative estimate of drug-likeness (QED) is 0.565. The first-order valence-electron chi connectivity index (χ1n) is 9.50.